The van der Waals surface area contributed by atoms with Crippen LogP contribution in [0.15, 0.2) is 35.1 Å². The first-order chi connectivity index (χ1) is 7.59. The standard InChI is InChI=1S/C12H15N3O/c1-15(2)12-7-16-6-9(12)8-3-4-10(13)11(14)5-8/h3-7H,13-14H2,1-2H3. The summed E-state index contributed by atoms with van der Waals surface area (Å²) in [5.74, 6) is 0. The molecule has 0 unspecified atom stereocenters. The first-order valence-corrected chi connectivity index (χ1v) is 4.98. The largest absolute Gasteiger partial charge is 0.470 e. The molecule has 0 fully saturated rings. The van der Waals surface area contributed by atoms with Gasteiger partial charge in [-0.1, -0.05) is 6.07 Å². The number of anilines is 3. The van der Waals surface area contributed by atoms with Gasteiger partial charge in [0.25, 0.3) is 0 Å². The number of furan rings is 1. The maximum Gasteiger partial charge on any atom is 0.114 e. The van der Waals surface area contributed by atoms with Crippen molar-refractivity contribution in [1.29, 1.82) is 0 Å². The van der Waals surface area contributed by atoms with Crippen molar-refractivity contribution in [2.24, 2.45) is 0 Å². The summed E-state index contributed by atoms with van der Waals surface area (Å²) >= 11 is 0. The lowest BCUT2D eigenvalue weighted by Gasteiger charge is -2.12. The maximum absolute atomic E-state index is 5.78. The normalized spacial score (nSPS) is 10.4. The predicted molar refractivity (Wildman–Crippen MR) is 67.3 cm³/mol. The van der Waals surface area contributed by atoms with Crippen molar-refractivity contribution in [3.8, 4) is 11.1 Å². The SMILES string of the molecule is CN(C)c1cocc1-c1ccc(N)c(N)c1. The molecule has 4 N–H and O–H groups in total. The Hall–Kier alpha value is -2.10. The third-order valence-corrected chi connectivity index (χ3v) is 2.52. The van der Waals surface area contributed by atoms with Gasteiger partial charge in [-0.25, -0.2) is 0 Å². The Morgan fingerprint density at radius 2 is 1.81 bits per heavy atom. The summed E-state index contributed by atoms with van der Waals surface area (Å²) in [5.41, 5.74) is 15.7. The van der Waals surface area contributed by atoms with Gasteiger partial charge in [-0.3, -0.25) is 0 Å². The zero-order valence-corrected chi connectivity index (χ0v) is 9.40. The van der Waals surface area contributed by atoms with E-state index in [-0.39, 0.29) is 0 Å². The van der Waals surface area contributed by atoms with E-state index in [1.54, 1.807) is 18.6 Å². The molecule has 0 aliphatic rings. The molecule has 0 amide bonds. The molecular formula is C12H15N3O. The summed E-state index contributed by atoms with van der Waals surface area (Å²) < 4.78 is 5.22. The number of nitrogen functional groups attached to an aromatic ring is 2. The highest BCUT2D eigenvalue weighted by atomic mass is 16.3. The van der Waals surface area contributed by atoms with Crippen molar-refractivity contribution in [3.05, 3.63) is 30.7 Å². The molecule has 1 heterocycles. The molecule has 0 radical (unpaired) electrons. The van der Waals surface area contributed by atoms with E-state index in [2.05, 4.69) is 0 Å². The Bertz CT molecular complexity index is 503. The van der Waals surface area contributed by atoms with E-state index in [1.165, 1.54) is 0 Å². The van der Waals surface area contributed by atoms with Gasteiger partial charge in [-0.15, -0.1) is 0 Å². The minimum Gasteiger partial charge on any atom is -0.470 e. The van der Waals surface area contributed by atoms with E-state index >= 15 is 0 Å². The van der Waals surface area contributed by atoms with Crippen LogP contribution in [0.1, 0.15) is 0 Å². The number of hydrogen-bond acceptors (Lipinski definition) is 4. The summed E-state index contributed by atoms with van der Waals surface area (Å²) in [5, 5.41) is 0. The average molecular weight is 217 g/mol. The van der Waals surface area contributed by atoms with Crippen molar-refractivity contribution in [2.45, 2.75) is 0 Å². The van der Waals surface area contributed by atoms with E-state index < -0.39 is 0 Å². The van der Waals surface area contributed by atoms with E-state index in [0.717, 1.165) is 16.8 Å². The van der Waals surface area contributed by atoms with Crippen molar-refractivity contribution >= 4 is 17.1 Å². The zero-order valence-electron chi connectivity index (χ0n) is 9.40. The van der Waals surface area contributed by atoms with Gasteiger partial charge < -0.3 is 20.8 Å². The maximum atomic E-state index is 5.78. The molecule has 1 aromatic carbocycles. The molecule has 84 valence electrons. The van der Waals surface area contributed by atoms with Crippen LogP contribution in [0.25, 0.3) is 11.1 Å². The number of rotatable bonds is 2. The smallest absolute Gasteiger partial charge is 0.114 e. The summed E-state index contributed by atoms with van der Waals surface area (Å²) in [6.07, 6.45) is 3.42. The molecule has 2 rings (SSSR count). The van der Waals surface area contributed by atoms with Gasteiger partial charge in [-0.2, -0.15) is 0 Å². The summed E-state index contributed by atoms with van der Waals surface area (Å²) in [7, 11) is 3.93. The third kappa shape index (κ3) is 1.69. The summed E-state index contributed by atoms with van der Waals surface area (Å²) in [6.45, 7) is 0. The molecule has 0 atom stereocenters. The average Bonchev–Trinajstić information content (AvgIpc) is 2.71. The monoisotopic (exact) mass is 217 g/mol. The van der Waals surface area contributed by atoms with Crippen LogP contribution in [0, 0.1) is 0 Å². The highest BCUT2D eigenvalue weighted by Gasteiger charge is 2.10. The number of hydrogen-bond donors (Lipinski definition) is 2. The van der Waals surface area contributed by atoms with E-state index in [4.69, 9.17) is 15.9 Å². The van der Waals surface area contributed by atoms with Gasteiger partial charge in [0.15, 0.2) is 0 Å². The molecule has 2 aromatic rings. The fourth-order valence-electron chi connectivity index (χ4n) is 1.59. The predicted octanol–water partition coefficient (Wildman–Crippen LogP) is 2.18. The Morgan fingerprint density at radius 3 is 2.44 bits per heavy atom. The second-order valence-electron chi connectivity index (χ2n) is 3.91. The molecule has 0 aliphatic carbocycles. The van der Waals surface area contributed by atoms with E-state index in [0.29, 0.717) is 11.4 Å². The molecule has 0 aliphatic heterocycles. The first-order valence-electron chi connectivity index (χ1n) is 4.98. The van der Waals surface area contributed by atoms with Crippen LogP contribution < -0.4 is 16.4 Å². The third-order valence-electron chi connectivity index (χ3n) is 2.52. The first kappa shape index (κ1) is 10.4. The Balaban J connectivity index is 2.50. The quantitative estimate of drug-likeness (QED) is 0.756. The van der Waals surface area contributed by atoms with Crippen LogP contribution in [0.5, 0.6) is 0 Å². The molecule has 0 saturated carbocycles. The van der Waals surface area contributed by atoms with Crippen molar-refractivity contribution in [3.63, 3.8) is 0 Å². The van der Waals surface area contributed by atoms with Gasteiger partial charge in [-0.05, 0) is 17.7 Å². The molecule has 1 aromatic heterocycles. The molecule has 4 nitrogen and oxygen atoms in total. The fourth-order valence-corrected chi connectivity index (χ4v) is 1.59. The lowest BCUT2D eigenvalue weighted by atomic mass is 10.1. The molecule has 4 heteroatoms. The lowest BCUT2D eigenvalue weighted by molar-refractivity contribution is 0.568. The van der Waals surface area contributed by atoms with Crippen molar-refractivity contribution < 1.29 is 4.42 Å². The van der Waals surface area contributed by atoms with Gasteiger partial charge >= 0.3 is 0 Å². The number of nitrogens with zero attached hydrogens (tertiary/aromatic N) is 1. The van der Waals surface area contributed by atoms with Gasteiger partial charge in [0.1, 0.15) is 12.5 Å². The van der Waals surface area contributed by atoms with E-state index in [1.807, 2.05) is 31.1 Å². The van der Waals surface area contributed by atoms with Crippen LogP contribution in [0.2, 0.25) is 0 Å². The second kappa shape index (κ2) is 3.81. The molecule has 0 spiro atoms. The zero-order chi connectivity index (χ0) is 11.7. The Morgan fingerprint density at radius 1 is 1.06 bits per heavy atom. The van der Waals surface area contributed by atoms with Crippen LogP contribution in [0.3, 0.4) is 0 Å². The fraction of sp³-hybridized carbons (Fsp3) is 0.167. The molecule has 0 bridgehead atoms. The highest BCUT2D eigenvalue weighted by Crippen LogP contribution is 2.33. The van der Waals surface area contributed by atoms with Crippen LogP contribution in [-0.2, 0) is 0 Å². The minimum atomic E-state index is 0.586. The van der Waals surface area contributed by atoms with Crippen LogP contribution >= 0.6 is 0 Å². The highest BCUT2D eigenvalue weighted by molar-refractivity contribution is 5.81. The number of benzene rings is 1. The van der Waals surface area contributed by atoms with Gasteiger partial charge in [0.2, 0.25) is 0 Å². The van der Waals surface area contributed by atoms with Gasteiger partial charge in [0.05, 0.1) is 17.1 Å². The molecule has 0 saturated heterocycles. The van der Waals surface area contributed by atoms with Gasteiger partial charge in [0, 0.05) is 19.7 Å². The van der Waals surface area contributed by atoms with E-state index in [9.17, 15) is 0 Å². The summed E-state index contributed by atoms with van der Waals surface area (Å²) in [6, 6.07) is 5.59. The van der Waals surface area contributed by atoms with Crippen molar-refractivity contribution in [1.82, 2.24) is 0 Å². The van der Waals surface area contributed by atoms with Crippen LogP contribution in [-0.4, -0.2) is 14.1 Å². The molecule has 16 heavy (non-hydrogen) atoms. The summed E-state index contributed by atoms with van der Waals surface area (Å²) in [4.78, 5) is 1.99. The lowest BCUT2D eigenvalue weighted by Crippen LogP contribution is -2.08. The second-order valence-corrected chi connectivity index (χ2v) is 3.91. The Labute approximate surface area is 94.5 Å². The topological polar surface area (TPSA) is 68.4 Å². The van der Waals surface area contributed by atoms with Crippen LogP contribution in [0.4, 0.5) is 17.1 Å². The minimum absolute atomic E-state index is 0.586. The van der Waals surface area contributed by atoms with Crippen molar-refractivity contribution in [2.75, 3.05) is 30.5 Å². The number of nitrogens with two attached hydrogens (primary N) is 2. The molecular weight excluding hydrogens is 202 g/mol. The Kier molecular flexibility index (Phi) is 2.48.